The molecule has 1 fully saturated rings. The van der Waals surface area contributed by atoms with Gasteiger partial charge in [-0.25, -0.2) is 14.8 Å². The Morgan fingerprint density at radius 2 is 1.98 bits per heavy atom. The van der Waals surface area contributed by atoms with E-state index in [1.807, 2.05) is 6.92 Å². The number of carbonyl (C=O) groups excluding carboxylic acids is 2. The SMILES string of the molecule is CCO[C@@H]1CC[C@H]1NC(=O)c1cnn2c(N(C)C(=O)OC(C)(C)C)cc(Nc3cccn(-c4ccccn4)c3=O)nc12. The van der Waals surface area contributed by atoms with Crippen LogP contribution in [0.5, 0.6) is 0 Å². The summed E-state index contributed by atoms with van der Waals surface area (Å²) in [6.45, 7) is 7.78. The standard InChI is InChI=1S/C29H34N8O5/c1-6-41-21-13-12-19(21)33-26(38)18-17-31-37-24(35(5)28(40)42-29(2,3)4)16-22(34-25(18)37)32-20-10-9-15-36(27(20)39)23-11-7-8-14-30-23/h7-11,14-17,19,21H,6,12-13H2,1-5H3,(H,32,34)(H,33,38)/t19-,21-/m1/s1. The van der Waals surface area contributed by atoms with Crippen molar-refractivity contribution in [3.8, 4) is 5.82 Å². The Hall–Kier alpha value is -4.78. The van der Waals surface area contributed by atoms with Crippen LogP contribution in [0.2, 0.25) is 0 Å². The Balaban J connectivity index is 1.54. The van der Waals surface area contributed by atoms with Crippen LogP contribution in [0.1, 0.15) is 50.9 Å². The van der Waals surface area contributed by atoms with Crippen LogP contribution in [-0.2, 0) is 9.47 Å². The molecule has 13 nitrogen and oxygen atoms in total. The molecule has 1 aliphatic rings. The summed E-state index contributed by atoms with van der Waals surface area (Å²) in [7, 11) is 1.53. The second-order valence-electron chi connectivity index (χ2n) is 10.9. The van der Waals surface area contributed by atoms with Gasteiger partial charge in [-0.2, -0.15) is 9.61 Å². The van der Waals surface area contributed by atoms with Gasteiger partial charge in [0, 0.05) is 32.1 Å². The Morgan fingerprint density at radius 1 is 1.17 bits per heavy atom. The first-order valence-electron chi connectivity index (χ1n) is 13.7. The molecule has 0 radical (unpaired) electrons. The normalized spacial score (nSPS) is 16.5. The van der Waals surface area contributed by atoms with Crippen molar-refractivity contribution in [3.05, 3.63) is 70.9 Å². The van der Waals surface area contributed by atoms with Crippen LogP contribution in [0, 0.1) is 0 Å². The maximum Gasteiger partial charge on any atom is 0.415 e. The van der Waals surface area contributed by atoms with Gasteiger partial charge < -0.3 is 20.1 Å². The summed E-state index contributed by atoms with van der Waals surface area (Å²) in [5.41, 5.74) is -0.493. The molecule has 2 atom stereocenters. The third-order valence-corrected chi connectivity index (χ3v) is 6.72. The number of anilines is 3. The van der Waals surface area contributed by atoms with Crippen molar-refractivity contribution in [2.45, 2.75) is 58.3 Å². The molecular weight excluding hydrogens is 540 g/mol. The zero-order valence-electron chi connectivity index (χ0n) is 24.2. The van der Waals surface area contributed by atoms with Crippen molar-refractivity contribution >= 4 is 35.0 Å². The highest BCUT2D eigenvalue weighted by atomic mass is 16.6. The van der Waals surface area contributed by atoms with E-state index in [4.69, 9.17) is 9.47 Å². The zero-order valence-corrected chi connectivity index (χ0v) is 24.2. The highest BCUT2D eigenvalue weighted by Crippen LogP contribution is 2.27. The largest absolute Gasteiger partial charge is 0.443 e. The summed E-state index contributed by atoms with van der Waals surface area (Å²) < 4.78 is 14.0. The van der Waals surface area contributed by atoms with E-state index in [1.165, 1.54) is 27.2 Å². The first-order valence-corrected chi connectivity index (χ1v) is 13.7. The van der Waals surface area contributed by atoms with Crippen LogP contribution in [0.15, 0.2) is 59.8 Å². The van der Waals surface area contributed by atoms with Crippen LogP contribution in [0.25, 0.3) is 11.5 Å². The molecule has 1 aliphatic carbocycles. The number of rotatable bonds is 8. The predicted molar refractivity (Wildman–Crippen MR) is 157 cm³/mol. The predicted octanol–water partition coefficient (Wildman–Crippen LogP) is 3.69. The average molecular weight is 575 g/mol. The second-order valence-corrected chi connectivity index (χ2v) is 10.9. The molecule has 0 aliphatic heterocycles. The summed E-state index contributed by atoms with van der Waals surface area (Å²) in [6.07, 6.45) is 5.62. The van der Waals surface area contributed by atoms with Gasteiger partial charge in [0.15, 0.2) is 5.65 Å². The molecule has 4 aromatic rings. The lowest BCUT2D eigenvalue weighted by atomic mass is 9.89. The molecule has 2 N–H and O–H groups in total. The first kappa shape index (κ1) is 28.7. The number of hydrogen-bond donors (Lipinski definition) is 2. The van der Waals surface area contributed by atoms with Crippen molar-refractivity contribution in [1.82, 2.24) is 29.5 Å². The fourth-order valence-electron chi connectivity index (χ4n) is 4.53. The van der Waals surface area contributed by atoms with Gasteiger partial charge in [0.05, 0.1) is 18.3 Å². The van der Waals surface area contributed by atoms with Crippen LogP contribution < -0.4 is 21.1 Å². The Labute approximate surface area is 242 Å². The van der Waals surface area contributed by atoms with Gasteiger partial charge in [-0.05, 0) is 64.8 Å². The van der Waals surface area contributed by atoms with Gasteiger partial charge in [0.1, 0.15) is 34.3 Å². The van der Waals surface area contributed by atoms with Crippen molar-refractivity contribution < 1.29 is 19.1 Å². The van der Waals surface area contributed by atoms with E-state index in [9.17, 15) is 14.4 Å². The van der Waals surface area contributed by atoms with Crippen molar-refractivity contribution in [1.29, 1.82) is 0 Å². The molecule has 42 heavy (non-hydrogen) atoms. The second kappa shape index (κ2) is 11.6. The van der Waals surface area contributed by atoms with Crippen LogP contribution in [0.4, 0.5) is 22.1 Å². The zero-order chi connectivity index (χ0) is 30.0. The highest BCUT2D eigenvalue weighted by molar-refractivity contribution is 6.00. The topological polar surface area (TPSA) is 145 Å². The first-order chi connectivity index (χ1) is 20.1. The molecule has 220 valence electrons. The molecule has 5 rings (SSSR count). The number of nitrogens with zero attached hydrogens (tertiary/aromatic N) is 6. The number of hydrogen-bond acceptors (Lipinski definition) is 9. The maximum atomic E-state index is 13.4. The monoisotopic (exact) mass is 574 g/mol. The quantitative estimate of drug-likeness (QED) is 0.322. The number of amides is 2. The van der Waals surface area contributed by atoms with Gasteiger partial charge in [0.2, 0.25) is 0 Å². The van der Waals surface area contributed by atoms with E-state index in [0.717, 1.165) is 12.8 Å². The fourth-order valence-corrected chi connectivity index (χ4v) is 4.53. The third kappa shape index (κ3) is 5.96. The summed E-state index contributed by atoms with van der Waals surface area (Å²) in [6, 6.07) is 10.0. The number of pyridine rings is 2. The van der Waals surface area contributed by atoms with E-state index in [0.29, 0.717) is 12.4 Å². The van der Waals surface area contributed by atoms with E-state index in [2.05, 4.69) is 25.7 Å². The molecule has 13 heteroatoms. The minimum atomic E-state index is -0.742. The van der Waals surface area contributed by atoms with E-state index >= 15 is 0 Å². The highest BCUT2D eigenvalue weighted by Gasteiger charge is 2.34. The molecule has 2 amide bonds. The van der Waals surface area contributed by atoms with Gasteiger partial charge in [-0.1, -0.05) is 6.07 Å². The summed E-state index contributed by atoms with van der Waals surface area (Å²) in [5.74, 6) is 0.574. The molecule has 1 saturated carbocycles. The third-order valence-electron chi connectivity index (χ3n) is 6.72. The average Bonchev–Trinajstić information content (AvgIpc) is 3.38. The lowest BCUT2D eigenvalue weighted by molar-refractivity contribution is -0.0180. The van der Waals surface area contributed by atoms with E-state index in [1.54, 1.807) is 69.6 Å². The van der Waals surface area contributed by atoms with Crippen molar-refractivity contribution in [2.75, 3.05) is 23.9 Å². The fraction of sp³-hybridized carbons (Fsp3) is 0.379. The van der Waals surface area contributed by atoms with Crippen LogP contribution in [0.3, 0.4) is 0 Å². The number of carbonyl (C=O) groups is 2. The summed E-state index contributed by atoms with van der Waals surface area (Å²) >= 11 is 0. The number of fused-ring (bicyclic) bond motifs is 1. The maximum absolute atomic E-state index is 13.4. The van der Waals surface area contributed by atoms with Gasteiger partial charge in [-0.3, -0.25) is 19.1 Å². The van der Waals surface area contributed by atoms with Gasteiger partial charge in [-0.15, -0.1) is 0 Å². The molecule has 0 unspecified atom stereocenters. The molecule has 0 aromatic carbocycles. The van der Waals surface area contributed by atoms with Crippen molar-refractivity contribution in [3.63, 3.8) is 0 Å². The molecule has 4 aromatic heterocycles. The van der Waals surface area contributed by atoms with Crippen LogP contribution in [-0.4, -0.2) is 67.6 Å². The van der Waals surface area contributed by atoms with Crippen LogP contribution >= 0.6 is 0 Å². The van der Waals surface area contributed by atoms with Gasteiger partial charge >= 0.3 is 6.09 Å². The lowest BCUT2D eigenvalue weighted by Crippen LogP contribution is -2.51. The molecule has 0 bridgehead atoms. The van der Waals surface area contributed by atoms with Gasteiger partial charge in [0.25, 0.3) is 11.5 Å². The summed E-state index contributed by atoms with van der Waals surface area (Å²) in [4.78, 5) is 49.9. The molecule has 4 heterocycles. The Morgan fingerprint density at radius 3 is 2.64 bits per heavy atom. The lowest BCUT2D eigenvalue weighted by Gasteiger charge is -2.36. The van der Waals surface area contributed by atoms with Crippen molar-refractivity contribution in [2.24, 2.45) is 0 Å². The minimum absolute atomic E-state index is 0.0424. The number of ether oxygens (including phenoxy) is 2. The molecular formula is C29H34N8O5. The Kier molecular flexibility index (Phi) is 7.94. The number of nitrogens with one attached hydrogen (secondary N) is 2. The van der Waals surface area contributed by atoms with E-state index < -0.39 is 11.7 Å². The molecule has 0 spiro atoms. The smallest absolute Gasteiger partial charge is 0.415 e. The number of aromatic nitrogens is 5. The minimum Gasteiger partial charge on any atom is -0.443 e. The molecule has 0 saturated heterocycles. The Bertz CT molecular complexity index is 1660. The van der Waals surface area contributed by atoms with E-state index in [-0.39, 0.29) is 52.1 Å². The summed E-state index contributed by atoms with van der Waals surface area (Å²) in [5, 5.41) is 10.4.